The number of hydrogen-bond acceptors (Lipinski definition) is 7. The van der Waals surface area contributed by atoms with Crippen molar-refractivity contribution >= 4 is 39.5 Å². The topological polar surface area (TPSA) is 69.2 Å². The van der Waals surface area contributed by atoms with Crippen LogP contribution in [0.15, 0.2) is 28.7 Å². The van der Waals surface area contributed by atoms with E-state index >= 15 is 0 Å². The highest BCUT2D eigenvalue weighted by atomic mass is 79.9. The van der Waals surface area contributed by atoms with E-state index in [1.165, 1.54) is 5.69 Å². The van der Waals surface area contributed by atoms with Gasteiger partial charge >= 0.3 is 0 Å². The molecule has 1 aliphatic rings. The van der Waals surface area contributed by atoms with Gasteiger partial charge in [-0.15, -0.1) is 0 Å². The molecule has 0 spiro atoms. The van der Waals surface area contributed by atoms with Crippen molar-refractivity contribution < 1.29 is 0 Å². The summed E-state index contributed by atoms with van der Waals surface area (Å²) in [5, 5.41) is 6.57. The van der Waals surface area contributed by atoms with E-state index in [1.54, 1.807) is 0 Å². The zero-order chi connectivity index (χ0) is 19.4. The minimum atomic E-state index is -0.110. The largest absolute Gasteiger partial charge is 0.368 e. The third kappa shape index (κ3) is 5.45. The third-order valence-electron chi connectivity index (χ3n) is 4.18. The Labute approximate surface area is 169 Å². The van der Waals surface area contributed by atoms with Gasteiger partial charge in [-0.2, -0.15) is 15.0 Å². The van der Waals surface area contributed by atoms with Crippen LogP contribution in [0.4, 0.5) is 23.5 Å². The molecule has 1 saturated heterocycles. The van der Waals surface area contributed by atoms with E-state index in [9.17, 15) is 0 Å². The van der Waals surface area contributed by atoms with Crippen molar-refractivity contribution in [1.82, 2.24) is 15.0 Å². The molecule has 0 amide bonds. The molecule has 27 heavy (non-hydrogen) atoms. The minimum Gasteiger partial charge on any atom is -0.368 e. The van der Waals surface area contributed by atoms with E-state index in [0.717, 1.165) is 43.1 Å². The van der Waals surface area contributed by atoms with Crippen LogP contribution in [0.5, 0.6) is 0 Å². The number of halogens is 1. The Morgan fingerprint density at radius 3 is 2.30 bits per heavy atom. The van der Waals surface area contributed by atoms with E-state index in [-0.39, 0.29) is 5.54 Å². The van der Waals surface area contributed by atoms with E-state index in [2.05, 4.69) is 96.4 Å². The molecule has 2 N–H and O–H groups in total. The van der Waals surface area contributed by atoms with Crippen LogP contribution in [0.2, 0.25) is 0 Å². The predicted molar refractivity (Wildman–Crippen MR) is 116 cm³/mol. The van der Waals surface area contributed by atoms with Gasteiger partial charge in [0.2, 0.25) is 17.8 Å². The summed E-state index contributed by atoms with van der Waals surface area (Å²) in [5.74, 6) is 1.95. The number of benzene rings is 1. The molecule has 0 radical (unpaired) electrons. The Balaban J connectivity index is 1.74. The fraction of sp³-hybridized carbons (Fsp3) is 0.526. The van der Waals surface area contributed by atoms with Gasteiger partial charge < -0.3 is 20.4 Å². The lowest BCUT2D eigenvalue weighted by Gasteiger charge is -2.36. The molecule has 0 atom stereocenters. The van der Waals surface area contributed by atoms with Crippen molar-refractivity contribution in [2.75, 3.05) is 53.2 Å². The van der Waals surface area contributed by atoms with Crippen LogP contribution in [0.1, 0.15) is 27.7 Å². The maximum absolute atomic E-state index is 4.66. The molecule has 1 aromatic carbocycles. The highest BCUT2D eigenvalue weighted by Gasteiger charge is 2.22. The maximum atomic E-state index is 4.66. The second kappa shape index (κ2) is 8.29. The van der Waals surface area contributed by atoms with Gasteiger partial charge in [0.05, 0.1) is 0 Å². The lowest BCUT2D eigenvalue weighted by atomic mass is 10.1. The molecule has 146 valence electrons. The molecule has 0 bridgehead atoms. The van der Waals surface area contributed by atoms with E-state index in [0.29, 0.717) is 11.9 Å². The maximum Gasteiger partial charge on any atom is 0.232 e. The third-order valence-corrected chi connectivity index (χ3v) is 4.67. The Morgan fingerprint density at radius 2 is 1.67 bits per heavy atom. The molecule has 1 aromatic heterocycles. The van der Waals surface area contributed by atoms with Gasteiger partial charge in [-0.05, 0) is 45.9 Å². The number of rotatable bonds is 5. The van der Waals surface area contributed by atoms with Crippen LogP contribution in [0, 0.1) is 0 Å². The van der Waals surface area contributed by atoms with Crippen molar-refractivity contribution in [3.05, 3.63) is 28.7 Å². The standard InChI is InChI=1S/C19H28BrN7/c1-5-21-16-22-17(25-19(2,3)4)24-18(23-16)27-11-9-26(10-12-27)15-8-6-7-14(20)13-15/h6-8,13H,5,9-12H2,1-4H3,(H2,21,22,23,24,25). The second-order valence-electron chi connectivity index (χ2n) is 7.64. The van der Waals surface area contributed by atoms with Crippen LogP contribution >= 0.6 is 15.9 Å². The lowest BCUT2D eigenvalue weighted by Crippen LogP contribution is -2.47. The molecule has 1 aliphatic heterocycles. The summed E-state index contributed by atoms with van der Waals surface area (Å²) in [5.41, 5.74) is 1.13. The summed E-state index contributed by atoms with van der Waals surface area (Å²) < 4.78 is 1.10. The summed E-state index contributed by atoms with van der Waals surface area (Å²) in [6.07, 6.45) is 0. The molecule has 2 heterocycles. The van der Waals surface area contributed by atoms with Crippen molar-refractivity contribution in [3.8, 4) is 0 Å². The fourth-order valence-electron chi connectivity index (χ4n) is 2.97. The Morgan fingerprint density at radius 1 is 1.00 bits per heavy atom. The van der Waals surface area contributed by atoms with Crippen LogP contribution in [-0.2, 0) is 0 Å². The van der Waals surface area contributed by atoms with Gasteiger partial charge in [-0.25, -0.2) is 0 Å². The van der Waals surface area contributed by atoms with Crippen molar-refractivity contribution in [3.63, 3.8) is 0 Å². The zero-order valence-corrected chi connectivity index (χ0v) is 18.0. The molecule has 3 rings (SSSR count). The van der Waals surface area contributed by atoms with Crippen LogP contribution in [0.3, 0.4) is 0 Å². The number of piperazine rings is 1. The van der Waals surface area contributed by atoms with E-state index < -0.39 is 0 Å². The Hall–Kier alpha value is -2.09. The van der Waals surface area contributed by atoms with Crippen molar-refractivity contribution in [2.24, 2.45) is 0 Å². The van der Waals surface area contributed by atoms with Gasteiger partial charge in [0.1, 0.15) is 0 Å². The summed E-state index contributed by atoms with van der Waals surface area (Å²) >= 11 is 3.55. The van der Waals surface area contributed by atoms with Crippen molar-refractivity contribution in [1.29, 1.82) is 0 Å². The first kappa shape index (κ1) is 19.7. The average molecular weight is 434 g/mol. The molecule has 2 aromatic rings. The molecular weight excluding hydrogens is 406 g/mol. The summed E-state index contributed by atoms with van der Waals surface area (Å²) in [4.78, 5) is 18.4. The van der Waals surface area contributed by atoms with Gasteiger partial charge in [0, 0.05) is 48.4 Å². The van der Waals surface area contributed by atoms with Crippen molar-refractivity contribution in [2.45, 2.75) is 33.2 Å². The quantitative estimate of drug-likeness (QED) is 0.745. The molecule has 0 aliphatic carbocycles. The number of nitrogens with zero attached hydrogens (tertiary/aromatic N) is 5. The van der Waals surface area contributed by atoms with E-state index in [4.69, 9.17) is 0 Å². The number of hydrogen-bond donors (Lipinski definition) is 2. The number of aromatic nitrogens is 3. The summed E-state index contributed by atoms with van der Waals surface area (Å²) in [6.45, 7) is 12.7. The first-order valence-electron chi connectivity index (χ1n) is 9.37. The Bertz CT molecular complexity index is 767. The smallest absolute Gasteiger partial charge is 0.232 e. The molecule has 8 heteroatoms. The lowest BCUT2D eigenvalue weighted by molar-refractivity contribution is 0.618. The number of anilines is 4. The van der Waals surface area contributed by atoms with Gasteiger partial charge in [-0.3, -0.25) is 0 Å². The molecule has 0 unspecified atom stereocenters. The summed E-state index contributed by atoms with van der Waals surface area (Å²) in [7, 11) is 0. The zero-order valence-electron chi connectivity index (χ0n) is 16.5. The highest BCUT2D eigenvalue weighted by molar-refractivity contribution is 9.10. The van der Waals surface area contributed by atoms with Gasteiger partial charge in [-0.1, -0.05) is 22.0 Å². The monoisotopic (exact) mass is 433 g/mol. The first-order chi connectivity index (χ1) is 12.8. The van der Waals surface area contributed by atoms with Gasteiger partial charge in [0.25, 0.3) is 0 Å². The minimum absolute atomic E-state index is 0.110. The van der Waals surface area contributed by atoms with Gasteiger partial charge in [0.15, 0.2) is 0 Å². The predicted octanol–water partition coefficient (Wildman–Crippen LogP) is 3.60. The SMILES string of the molecule is CCNc1nc(NC(C)(C)C)nc(N2CCN(c3cccc(Br)c3)CC2)n1. The number of nitrogens with one attached hydrogen (secondary N) is 2. The Kier molecular flexibility index (Phi) is 6.04. The molecular formula is C19H28BrN7. The normalized spacial score (nSPS) is 15.0. The second-order valence-corrected chi connectivity index (χ2v) is 8.56. The summed E-state index contributed by atoms with van der Waals surface area (Å²) in [6, 6.07) is 8.44. The highest BCUT2D eigenvalue weighted by Crippen LogP contribution is 2.23. The molecule has 7 nitrogen and oxygen atoms in total. The average Bonchev–Trinajstić information content (AvgIpc) is 2.60. The molecule has 1 fully saturated rings. The van der Waals surface area contributed by atoms with E-state index in [1.807, 2.05) is 6.92 Å². The van der Waals surface area contributed by atoms with Crippen LogP contribution in [0.25, 0.3) is 0 Å². The fourth-order valence-corrected chi connectivity index (χ4v) is 3.36. The molecule has 0 saturated carbocycles. The first-order valence-corrected chi connectivity index (χ1v) is 10.2. The van der Waals surface area contributed by atoms with Crippen LogP contribution in [-0.4, -0.2) is 53.2 Å². The van der Waals surface area contributed by atoms with Crippen LogP contribution < -0.4 is 20.4 Å².